The van der Waals surface area contributed by atoms with E-state index in [0.29, 0.717) is 5.92 Å². The molecular weight excluding hydrogens is 280 g/mol. The summed E-state index contributed by atoms with van der Waals surface area (Å²) < 4.78 is 5.88. The molecule has 1 aromatic heterocycles. The third kappa shape index (κ3) is 3.63. The summed E-state index contributed by atoms with van der Waals surface area (Å²) in [6.07, 6.45) is 1.18. The van der Waals surface area contributed by atoms with Crippen molar-refractivity contribution in [1.29, 1.82) is 0 Å². The Morgan fingerprint density at radius 2 is 1.76 bits per heavy atom. The van der Waals surface area contributed by atoms with Crippen molar-refractivity contribution in [3.05, 3.63) is 65.4 Å². The number of aliphatic hydroxyl groups excluding tert-OH is 1. The lowest BCUT2D eigenvalue weighted by atomic mass is 10.1. The summed E-state index contributed by atoms with van der Waals surface area (Å²) in [5.74, 6) is 1.26. The van der Waals surface area contributed by atoms with E-state index in [2.05, 4.69) is 18.2 Å². The zero-order chi connectivity index (χ0) is 14.5. The number of fused-ring (bicyclic) bond motifs is 1. The fraction of sp³-hybridized carbons (Fsp3) is 0.222. The normalized spacial score (nSPS) is 19.7. The van der Waals surface area contributed by atoms with E-state index < -0.39 is 0 Å². The lowest BCUT2D eigenvalue weighted by Crippen LogP contribution is -2.02. The molecule has 0 amide bonds. The Bertz CT molecular complexity index is 656. The fourth-order valence-electron chi connectivity index (χ4n) is 2.24. The Morgan fingerprint density at radius 3 is 2.43 bits per heavy atom. The van der Waals surface area contributed by atoms with Crippen molar-refractivity contribution in [3.8, 4) is 5.75 Å². The van der Waals surface area contributed by atoms with Crippen LogP contribution in [0.4, 0.5) is 0 Å². The molecule has 1 aliphatic rings. The average molecular weight is 298 g/mol. The lowest BCUT2D eigenvalue weighted by molar-refractivity contribution is 0.226. The Balaban J connectivity index is 0.000000225. The van der Waals surface area contributed by atoms with Crippen molar-refractivity contribution in [3.63, 3.8) is 0 Å². The molecule has 2 nitrogen and oxygen atoms in total. The van der Waals surface area contributed by atoms with Gasteiger partial charge in [-0.1, -0.05) is 48.5 Å². The van der Waals surface area contributed by atoms with E-state index in [1.54, 1.807) is 11.3 Å². The molecular formula is C18H18O2S. The van der Waals surface area contributed by atoms with Crippen LogP contribution in [0.2, 0.25) is 0 Å². The highest BCUT2D eigenvalue weighted by atomic mass is 32.1. The molecule has 1 fully saturated rings. The number of hydrogen-bond acceptors (Lipinski definition) is 3. The summed E-state index contributed by atoms with van der Waals surface area (Å²) in [5.41, 5.74) is 0. The highest BCUT2D eigenvalue weighted by Gasteiger charge is 2.38. The fourth-order valence-corrected chi connectivity index (χ4v) is 2.70. The predicted octanol–water partition coefficient (Wildman–Crippen LogP) is 4.35. The minimum absolute atomic E-state index is 0.204. The second-order valence-corrected chi connectivity index (χ2v) is 5.92. The minimum Gasteiger partial charge on any atom is -0.489 e. The molecule has 0 saturated heterocycles. The number of thiophene rings is 1. The zero-order valence-corrected chi connectivity index (χ0v) is 12.5. The molecule has 0 radical (unpaired) electrons. The monoisotopic (exact) mass is 298 g/mol. The third-order valence-electron chi connectivity index (χ3n) is 3.55. The summed E-state index contributed by atoms with van der Waals surface area (Å²) in [6.45, 7) is 0.232. The Morgan fingerprint density at radius 1 is 1.00 bits per heavy atom. The van der Waals surface area contributed by atoms with Gasteiger partial charge in [0.25, 0.3) is 0 Å². The summed E-state index contributed by atoms with van der Waals surface area (Å²) >= 11 is 1.71. The molecule has 108 valence electrons. The molecule has 0 unspecified atom stereocenters. The van der Waals surface area contributed by atoms with Gasteiger partial charge in [0, 0.05) is 17.9 Å². The minimum atomic E-state index is 0.204. The van der Waals surface area contributed by atoms with Crippen LogP contribution in [0.1, 0.15) is 6.42 Å². The maximum atomic E-state index is 8.99. The van der Waals surface area contributed by atoms with Gasteiger partial charge in [0.15, 0.2) is 0 Å². The van der Waals surface area contributed by atoms with Crippen LogP contribution in [0.3, 0.4) is 0 Å². The molecule has 4 rings (SSSR count). The van der Waals surface area contributed by atoms with E-state index >= 15 is 0 Å². The van der Waals surface area contributed by atoms with Gasteiger partial charge in [0.05, 0.1) is 0 Å². The first-order valence-corrected chi connectivity index (χ1v) is 8.05. The van der Waals surface area contributed by atoms with Crippen LogP contribution < -0.4 is 4.74 Å². The van der Waals surface area contributed by atoms with Crippen LogP contribution in [0.25, 0.3) is 10.8 Å². The Hall–Kier alpha value is -1.84. The van der Waals surface area contributed by atoms with Crippen LogP contribution in [-0.4, -0.2) is 17.8 Å². The summed E-state index contributed by atoms with van der Waals surface area (Å²) in [7, 11) is 0. The molecule has 3 aromatic rings. The number of hydrogen-bond donors (Lipinski definition) is 1. The quantitative estimate of drug-likeness (QED) is 0.779. The van der Waals surface area contributed by atoms with E-state index in [1.165, 1.54) is 5.39 Å². The molecule has 1 aliphatic carbocycles. The average Bonchev–Trinajstić information content (AvgIpc) is 3.02. The van der Waals surface area contributed by atoms with Crippen LogP contribution in [0.5, 0.6) is 5.75 Å². The Kier molecular flexibility index (Phi) is 4.53. The third-order valence-corrected chi connectivity index (χ3v) is 4.17. The lowest BCUT2D eigenvalue weighted by Gasteiger charge is -2.08. The van der Waals surface area contributed by atoms with Gasteiger partial charge in [-0.2, -0.15) is 11.3 Å². The SMILES string of the molecule is OC[C@@H]1C[C@@H]1Oc1cccc2ccccc12.c1ccsc1. The maximum Gasteiger partial charge on any atom is 0.127 e. The molecule has 1 heterocycles. The van der Waals surface area contributed by atoms with Crippen LogP contribution in [0, 0.1) is 5.92 Å². The van der Waals surface area contributed by atoms with Crippen molar-refractivity contribution in [2.75, 3.05) is 6.61 Å². The largest absolute Gasteiger partial charge is 0.489 e. The summed E-state index contributed by atoms with van der Waals surface area (Å²) in [4.78, 5) is 0. The topological polar surface area (TPSA) is 29.5 Å². The molecule has 0 bridgehead atoms. The molecule has 1 saturated carbocycles. The zero-order valence-electron chi connectivity index (χ0n) is 11.7. The van der Waals surface area contributed by atoms with E-state index in [1.807, 2.05) is 47.2 Å². The molecule has 1 N–H and O–H groups in total. The number of aliphatic hydroxyl groups is 1. The maximum absolute atomic E-state index is 8.99. The van der Waals surface area contributed by atoms with Gasteiger partial charge >= 0.3 is 0 Å². The highest BCUT2D eigenvalue weighted by Crippen LogP contribution is 2.36. The molecule has 2 atom stereocenters. The molecule has 2 aromatic carbocycles. The van der Waals surface area contributed by atoms with Gasteiger partial charge in [-0.3, -0.25) is 0 Å². The van der Waals surface area contributed by atoms with Crippen molar-refractivity contribution in [1.82, 2.24) is 0 Å². The van der Waals surface area contributed by atoms with Gasteiger partial charge in [0.2, 0.25) is 0 Å². The highest BCUT2D eigenvalue weighted by molar-refractivity contribution is 7.07. The first kappa shape index (κ1) is 14.1. The number of benzene rings is 2. The van der Waals surface area contributed by atoms with Gasteiger partial charge in [-0.15, -0.1) is 0 Å². The van der Waals surface area contributed by atoms with Gasteiger partial charge in [-0.05, 0) is 28.6 Å². The first-order valence-electron chi connectivity index (χ1n) is 7.11. The van der Waals surface area contributed by atoms with Crippen LogP contribution >= 0.6 is 11.3 Å². The van der Waals surface area contributed by atoms with Gasteiger partial charge in [0.1, 0.15) is 11.9 Å². The molecule has 3 heteroatoms. The molecule has 0 spiro atoms. The van der Waals surface area contributed by atoms with E-state index in [-0.39, 0.29) is 12.7 Å². The van der Waals surface area contributed by atoms with Gasteiger partial charge < -0.3 is 9.84 Å². The van der Waals surface area contributed by atoms with Crippen molar-refractivity contribution < 1.29 is 9.84 Å². The van der Waals surface area contributed by atoms with Crippen molar-refractivity contribution in [2.45, 2.75) is 12.5 Å². The predicted molar refractivity (Wildman–Crippen MR) is 87.9 cm³/mol. The van der Waals surface area contributed by atoms with E-state index in [4.69, 9.17) is 9.84 Å². The first-order chi connectivity index (χ1) is 10.4. The summed E-state index contributed by atoms with van der Waals surface area (Å²) in [6, 6.07) is 18.3. The number of ether oxygens (including phenoxy) is 1. The smallest absolute Gasteiger partial charge is 0.127 e. The van der Waals surface area contributed by atoms with Crippen molar-refractivity contribution >= 4 is 22.1 Å². The van der Waals surface area contributed by atoms with Crippen molar-refractivity contribution in [2.24, 2.45) is 5.92 Å². The summed E-state index contributed by atoms with van der Waals surface area (Å²) in [5, 5.41) is 15.4. The van der Waals surface area contributed by atoms with E-state index in [0.717, 1.165) is 17.6 Å². The molecule has 0 aliphatic heterocycles. The second kappa shape index (κ2) is 6.74. The second-order valence-electron chi connectivity index (χ2n) is 5.11. The van der Waals surface area contributed by atoms with E-state index in [9.17, 15) is 0 Å². The number of rotatable bonds is 3. The Labute approximate surface area is 128 Å². The molecule has 21 heavy (non-hydrogen) atoms. The van der Waals surface area contributed by atoms with Gasteiger partial charge in [-0.25, -0.2) is 0 Å². The standard InChI is InChI=1S/C14H14O2.C4H4S/c15-9-11-8-14(11)16-13-7-3-5-10-4-1-2-6-12(10)13;1-2-4-5-3-1/h1-7,11,14-15H,8-9H2;1-4H/t11-,14-;/m0./s1. The van der Waals surface area contributed by atoms with Crippen LogP contribution in [0.15, 0.2) is 65.4 Å². The van der Waals surface area contributed by atoms with Crippen LogP contribution in [-0.2, 0) is 0 Å².